The molecule has 0 spiro atoms. The number of alkyl halides is 2. The third-order valence-corrected chi connectivity index (χ3v) is 2.41. The summed E-state index contributed by atoms with van der Waals surface area (Å²) < 4.78 is 27.4. The lowest BCUT2D eigenvalue weighted by Gasteiger charge is -2.10. The first-order valence-corrected chi connectivity index (χ1v) is 4.73. The van der Waals surface area contributed by atoms with Crippen LogP contribution in [-0.4, -0.2) is 9.55 Å². The Balaban J connectivity index is 2.75. The second-order valence-corrected chi connectivity index (χ2v) is 3.78. The Morgan fingerprint density at radius 2 is 2.12 bits per heavy atom. The van der Waals surface area contributed by atoms with Crippen LogP contribution in [0.1, 0.15) is 12.6 Å². The third-order valence-electron chi connectivity index (χ3n) is 2.41. The molecule has 2 rings (SSSR count). The first-order chi connectivity index (χ1) is 7.39. The van der Waals surface area contributed by atoms with Crippen molar-refractivity contribution < 1.29 is 8.78 Å². The van der Waals surface area contributed by atoms with Gasteiger partial charge in [0.1, 0.15) is 5.69 Å². The molecule has 84 valence electrons. The molecule has 0 aliphatic rings. The van der Waals surface area contributed by atoms with Crippen LogP contribution in [-0.2, 0) is 13.0 Å². The molecule has 2 aromatic rings. The van der Waals surface area contributed by atoms with E-state index < -0.39 is 5.92 Å². The number of halogens is 2. The quantitative estimate of drug-likeness (QED) is 0.743. The molecule has 0 bridgehead atoms. The maximum atomic E-state index is 13.0. The number of hydrogen-bond acceptors (Lipinski definition) is 2. The summed E-state index contributed by atoms with van der Waals surface area (Å²) in [5.74, 6) is -2.99. The van der Waals surface area contributed by atoms with Crippen molar-refractivity contribution in [2.24, 2.45) is 7.05 Å². The van der Waals surface area contributed by atoms with E-state index in [-0.39, 0.29) is 11.3 Å². The molecule has 0 aliphatic heterocycles. The Bertz CT molecular complexity index is 599. The fourth-order valence-electron chi connectivity index (χ4n) is 1.48. The van der Waals surface area contributed by atoms with Crippen molar-refractivity contribution in [2.45, 2.75) is 12.8 Å². The topological polar surface area (TPSA) is 34.9 Å². The average Bonchev–Trinajstić information content (AvgIpc) is 2.22. The van der Waals surface area contributed by atoms with Gasteiger partial charge in [-0.05, 0) is 17.5 Å². The van der Waals surface area contributed by atoms with E-state index in [1.807, 2.05) is 0 Å². The van der Waals surface area contributed by atoms with E-state index in [9.17, 15) is 13.6 Å². The van der Waals surface area contributed by atoms with Crippen molar-refractivity contribution in [3.8, 4) is 0 Å². The highest BCUT2D eigenvalue weighted by molar-refractivity contribution is 5.80. The number of nitrogens with zero attached hydrogens (tertiary/aromatic N) is 2. The molecule has 0 fully saturated rings. The van der Waals surface area contributed by atoms with Crippen molar-refractivity contribution in [3.63, 3.8) is 0 Å². The van der Waals surface area contributed by atoms with Crippen LogP contribution in [0.25, 0.3) is 10.8 Å². The maximum Gasteiger partial charge on any atom is 0.286 e. The highest BCUT2D eigenvalue weighted by atomic mass is 19.3. The average molecular weight is 224 g/mol. The molecule has 0 saturated carbocycles. The Kier molecular flexibility index (Phi) is 2.26. The van der Waals surface area contributed by atoms with Gasteiger partial charge in [-0.2, -0.15) is 8.78 Å². The predicted octanol–water partition coefficient (Wildman–Crippen LogP) is 2.05. The third kappa shape index (κ3) is 1.68. The van der Waals surface area contributed by atoms with Crippen LogP contribution in [0.3, 0.4) is 0 Å². The summed E-state index contributed by atoms with van der Waals surface area (Å²) in [6, 6.07) is 2.87. The lowest BCUT2D eigenvalue weighted by atomic mass is 10.1. The highest BCUT2D eigenvalue weighted by Gasteiger charge is 2.26. The molecule has 0 unspecified atom stereocenters. The summed E-state index contributed by atoms with van der Waals surface area (Å²) in [5.41, 5.74) is -0.566. The zero-order valence-electron chi connectivity index (χ0n) is 8.87. The number of aromatic nitrogens is 2. The van der Waals surface area contributed by atoms with Gasteiger partial charge in [0.2, 0.25) is 0 Å². The van der Waals surface area contributed by atoms with E-state index in [2.05, 4.69) is 4.98 Å². The molecule has 0 radical (unpaired) electrons. The first kappa shape index (κ1) is 10.7. The molecule has 0 aromatic carbocycles. The molecular formula is C11H10F2N2O. The lowest BCUT2D eigenvalue weighted by Crippen LogP contribution is -2.17. The number of fused-ring (bicyclic) bond motifs is 1. The molecular weight excluding hydrogens is 214 g/mol. The predicted molar refractivity (Wildman–Crippen MR) is 56.6 cm³/mol. The molecule has 0 amide bonds. The van der Waals surface area contributed by atoms with Crippen molar-refractivity contribution >= 4 is 10.8 Å². The van der Waals surface area contributed by atoms with Crippen LogP contribution in [0.2, 0.25) is 0 Å². The number of pyridine rings is 2. The number of rotatable bonds is 1. The van der Waals surface area contributed by atoms with E-state index in [1.165, 1.54) is 16.8 Å². The van der Waals surface area contributed by atoms with Gasteiger partial charge < -0.3 is 4.57 Å². The van der Waals surface area contributed by atoms with Gasteiger partial charge in [0.15, 0.2) is 0 Å². The Hall–Kier alpha value is -1.78. The maximum absolute atomic E-state index is 13.0. The summed E-state index contributed by atoms with van der Waals surface area (Å²) in [6.07, 6.45) is 2.74. The molecule has 3 nitrogen and oxygen atoms in total. The largest absolute Gasteiger partial charge is 0.318 e. The molecule has 2 heterocycles. The molecule has 0 N–H and O–H groups in total. The first-order valence-electron chi connectivity index (χ1n) is 4.73. The Labute approximate surface area is 90.3 Å². The monoisotopic (exact) mass is 224 g/mol. The normalized spacial score (nSPS) is 12.0. The second kappa shape index (κ2) is 3.37. The highest BCUT2D eigenvalue weighted by Crippen LogP contribution is 2.26. The van der Waals surface area contributed by atoms with Crippen molar-refractivity contribution in [3.05, 3.63) is 40.6 Å². The smallest absolute Gasteiger partial charge is 0.286 e. The van der Waals surface area contributed by atoms with E-state index in [0.717, 1.165) is 6.92 Å². The minimum atomic E-state index is -2.99. The summed E-state index contributed by atoms with van der Waals surface area (Å²) >= 11 is 0. The summed E-state index contributed by atoms with van der Waals surface area (Å²) in [4.78, 5) is 15.2. The summed E-state index contributed by atoms with van der Waals surface area (Å²) in [7, 11) is 1.60. The van der Waals surface area contributed by atoms with Gasteiger partial charge in [0.25, 0.3) is 11.5 Å². The molecule has 2 aromatic heterocycles. The van der Waals surface area contributed by atoms with Crippen LogP contribution in [0, 0.1) is 0 Å². The van der Waals surface area contributed by atoms with Crippen LogP contribution in [0.15, 0.2) is 29.3 Å². The van der Waals surface area contributed by atoms with Crippen molar-refractivity contribution in [1.29, 1.82) is 0 Å². The zero-order chi connectivity index (χ0) is 11.9. The van der Waals surface area contributed by atoms with Crippen molar-refractivity contribution in [2.75, 3.05) is 0 Å². The van der Waals surface area contributed by atoms with Gasteiger partial charge in [-0.1, -0.05) is 0 Å². The van der Waals surface area contributed by atoms with E-state index >= 15 is 0 Å². The van der Waals surface area contributed by atoms with Gasteiger partial charge >= 0.3 is 0 Å². The van der Waals surface area contributed by atoms with Gasteiger partial charge in [0, 0.05) is 26.4 Å². The van der Waals surface area contributed by atoms with E-state index in [0.29, 0.717) is 10.8 Å². The number of aryl methyl sites for hydroxylation is 1. The summed E-state index contributed by atoms with van der Waals surface area (Å²) in [6.45, 7) is 0.780. The molecule has 0 saturated heterocycles. The minimum absolute atomic E-state index is 0.240. The fraction of sp³-hybridized carbons (Fsp3) is 0.273. The van der Waals surface area contributed by atoms with E-state index in [4.69, 9.17) is 0 Å². The van der Waals surface area contributed by atoms with Crippen LogP contribution in [0.4, 0.5) is 8.78 Å². The fourth-order valence-corrected chi connectivity index (χ4v) is 1.48. The molecule has 0 atom stereocenters. The molecule has 16 heavy (non-hydrogen) atoms. The van der Waals surface area contributed by atoms with E-state index in [1.54, 1.807) is 19.3 Å². The molecule has 5 heteroatoms. The molecule has 0 aliphatic carbocycles. The van der Waals surface area contributed by atoms with Crippen LogP contribution >= 0.6 is 0 Å². The van der Waals surface area contributed by atoms with Crippen molar-refractivity contribution in [1.82, 2.24) is 9.55 Å². The van der Waals surface area contributed by atoms with Gasteiger partial charge in [-0.25, -0.2) is 0 Å². The second-order valence-electron chi connectivity index (χ2n) is 3.78. The zero-order valence-corrected chi connectivity index (χ0v) is 8.87. The Morgan fingerprint density at radius 1 is 1.44 bits per heavy atom. The van der Waals surface area contributed by atoms with Gasteiger partial charge in [-0.15, -0.1) is 0 Å². The summed E-state index contributed by atoms with van der Waals surface area (Å²) in [5, 5.41) is 0.827. The Morgan fingerprint density at radius 3 is 2.75 bits per heavy atom. The van der Waals surface area contributed by atoms with Gasteiger partial charge in [-0.3, -0.25) is 9.78 Å². The standard InChI is InChI=1S/C11H10F2N2O/c1-11(12,13)9-5-7-3-4-15(2)10(16)8(7)6-14-9/h3-6H,1-2H3. The number of hydrogen-bond donors (Lipinski definition) is 0. The minimum Gasteiger partial charge on any atom is -0.318 e. The SMILES string of the molecule is Cn1ccc2cc(C(C)(F)F)ncc2c1=O. The van der Waals surface area contributed by atoms with Gasteiger partial charge in [0.05, 0.1) is 5.39 Å². The lowest BCUT2D eigenvalue weighted by molar-refractivity contribution is 0.0129. The van der Waals surface area contributed by atoms with Crippen LogP contribution < -0.4 is 5.56 Å². The van der Waals surface area contributed by atoms with Crippen LogP contribution in [0.5, 0.6) is 0 Å².